The van der Waals surface area contributed by atoms with Crippen molar-refractivity contribution < 1.29 is 12.9 Å². The van der Waals surface area contributed by atoms with Gasteiger partial charge in [0.15, 0.2) is 5.82 Å². The smallest absolute Gasteiger partial charge is 0.257 e. The fraction of sp³-hybridized carbons (Fsp3) is 0.529. The van der Waals surface area contributed by atoms with Crippen molar-refractivity contribution in [3.8, 4) is 11.5 Å². The van der Waals surface area contributed by atoms with Crippen LogP contribution in [0.5, 0.6) is 0 Å². The van der Waals surface area contributed by atoms with Gasteiger partial charge in [0.1, 0.15) is 0 Å². The molecule has 1 aromatic carbocycles. The Morgan fingerprint density at radius 3 is 2.56 bits per heavy atom. The predicted octanol–water partition coefficient (Wildman–Crippen LogP) is 2.23. The van der Waals surface area contributed by atoms with Gasteiger partial charge in [-0.05, 0) is 38.6 Å². The third-order valence-electron chi connectivity index (χ3n) is 4.21. The summed E-state index contributed by atoms with van der Waals surface area (Å²) >= 11 is 0. The molecular weight excluding hydrogens is 340 g/mol. The molecule has 0 saturated heterocycles. The van der Waals surface area contributed by atoms with Gasteiger partial charge in [0, 0.05) is 31.1 Å². The van der Waals surface area contributed by atoms with Gasteiger partial charge in [0.2, 0.25) is 10.0 Å². The van der Waals surface area contributed by atoms with Crippen LogP contribution in [0.15, 0.2) is 27.6 Å². The average molecular weight is 366 g/mol. The molecule has 0 aliphatic rings. The van der Waals surface area contributed by atoms with Crippen LogP contribution in [-0.2, 0) is 16.4 Å². The topological polar surface area (TPSA) is 88.3 Å². The van der Waals surface area contributed by atoms with Crippen LogP contribution in [0.25, 0.3) is 11.5 Å². The summed E-state index contributed by atoms with van der Waals surface area (Å²) in [5.74, 6) is 0.917. The van der Waals surface area contributed by atoms with Crippen LogP contribution >= 0.6 is 0 Å². The standard InChI is InChI=1S/C17H26N4O3S/c1-6-21(7-2)25(22,23)15-11-14(9-8-12(15)3)17-19-16(20-24-17)10-13(4)18-5/h8-9,11,13,18H,6-7,10H2,1-5H3. The van der Waals surface area contributed by atoms with E-state index in [1.807, 2.05) is 27.8 Å². The van der Waals surface area contributed by atoms with E-state index in [1.165, 1.54) is 4.31 Å². The lowest BCUT2D eigenvalue weighted by Crippen LogP contribution is -2.31. The Morgan fingerprint density at radius 2 is 1.96 bits per heavy atom. The number of nitrogens with one attached hydrogen (secondary N) is 1. The predicted molar refractivity (Wildman–Crippen MR) is 96.8 cm³/mol. The lowest BCUT2D eigenvalue weighted by molar-refractivity contribution is 0.418. The van der Waals surface area contributed by atoms with Gasteiger partial charge < -0.3 is 9.84 Å². The fourth-order valence-corrected chi connectivity index (χ4v) is 4.25. The molecule has 2 rings (SSSR count). The summed E-state index contributed by atoms with van der Waals surface area (Å²) in [7, 11) is -1.67. The highest BCUT2D eigenvalue weighted by molar-refractivity contribution is 7.89. The highest BCUT2D eigenvalue weighted by atomic mass is 32.2. The molecule has 0 radical (unpaired) electrons. The molecule has 0 fully saturated rings. The first-order valence-corrected chi connectivity index (χ1v) is 9.88. The van der Waals surface area contributed by atoms with Crippen LogP contribution in [0.4, 0.5) is 0 Å². The van der Waals surface area contributed by atoms with E-state index < -0.39 is 10.0 Å². The van der Waals surface area contributed by atoms with Crippen LogP contribution in [-0.4, -0.2) is 49.0 Å². The number of sulfonamides is 1. The van der Waals surface area contributed by atoms with Crippen molar-refractivity contribution in [3.63, 3.8) is 0 Å². The zero-order valence-corrected chi connectivity index (χ0v) is 16.2. The summed E-state index contributed by atoms with van der Waals surface area (Å²) in [6.07, 6.45) is 0.635. The molecule has 7 nitrogen and oxygen atoms in total. The number of rotatable bonds is 8. The van der Waals surface area contributed by atoms with E-state index in [0.29, 0.717) is 42.4 Å². The number of nitrogens with zero attached hydrogens (tertiary/aromatic N) is 3. The SMILES string of the molecule is CCN(CC)S(=O)(=O)c1cc(-c2nc(CC(C)NC)no2)ccc1C. The van der Waals surface area contributed by atoms with E-state index in [-0.39, 0.29) is 10.9 Å². The number of aryl methyl sites for hydroxylation is 1. The average Bonchev–Trinajstić information content (AvgIpc) is 3.04. The molecule has 0 aliphatic carbocycles. The maximum Gasteiger partial charge on any atom is 0.257 e. The molecule has 8 heteroatoms. The maximum absolute atomic E-state index is 12.8. The van der Waals surface area contributed by atoms with Crippen LogP contribution in [0, 0.1) is 6.92 Å². The number of hydrogen-bond donors (Lipinski definition) is 1. The molecule has 0 saturated carbocycles. The highest BCUT2D eigenvalue weighted by Crippen LogP contribution is 2.26. The number of aromatic nitrogens is 2. The molecule has 0 amide bonds. The van der Waals surface area contributed by atoms with Gasteiger partial charge in [-0.2, -0.15) is 9.29 Å². The molecular formula is C17H26N4O3S. The Hall–Kier alpha value is -1.77. The first-order valence-electron chi connectivity index (χ1n) is 8.44. The number of hydrogen-bond acceptors (Lipinski definition) is 6. The zero-order valence-electron chi connectivity index (χ0n) is 15.4. The third-order valence-corrected chi connectivity index (χ3v) is 6.40. The van der Waals surface area contributed by atoms with Gasteiger partial charge in [-0.3, -0.25) is 0 Å². The lowest BCUT2D eigenvalue weighted by Gasteiger charge is -2.20. The summed E-state index contributed by atoms with van der Waals surface area (Å²) in [6.45, 7) is 8.32. The first kappa shape index (κ1) is 19.6. The van der Waals surface area contributed by atoms with Gasteiger partial charge >= 0.3 is 0 Å². The van der Waals surface area contributed by atoms with Gasteiger partial charge in [-0.1, -0.05) is 25.1 Å². The maximum atomic E-state index is 12.8. The van der Waals surface area contributed by atoms with Gasteiger partial charge in [0.25, 0.3) is 5.89 Å². The van der Waals surface area contributed by atoms with E-state index in [2.05, 4.69) is 15.5 Å². The Balaban J connectivity index is 2.39. The lowest BCUT2D eigenvalue weighted by atomic mass is 10.1. The van der Waals surface area contributed by atoms with E-state index in [0.717, 1.165) is 0 Å². The zero-order chi connectivity index (χ0) is 18.6. The molecule has 25 heavy (non-hydrogen) atoms. The Labute approximate surface area is 149 Å². The van der Waals surface area contributed by atoms with Crippen LogP contribution in [0.1, 0.15) is 32.2 Å². The monoisotopic (exact) mass is 366 g/mol. The van der Waals surface area contributed by atoms with Gasteiger partial charge in [-0.25, -0.2) is 8.42 Å². The van der Waals surface area contributed by atoms with Crippen molar-refractivity contribution in [2.75, 3.05) is 20.1 Å². The van der Waals surface area contributed by atoms with Crippen LogP contribution in [0.3, 0.4) is 0 Å². The minimum Gasteiger partial charge on any atom is -0.334 e. The second-order valence-corrected chi connectivity index (χ2v) is 7.89. The minimum absolute atomic E-state index is 0.224. The highest BCUT2D eigenvalue weighted by Gasteiger charge is 2.24. The van der Waals surface area contributed by atoms with Crippen LogP contribution in [0.2, 0.25) is 0 Å². The van der Waals surface area contributed by atoms with Gasteiger partial charge in [-0.15, -0.1) is 0 Å². The molecule has 1 N–H and O–H groups in total. The third kappa shape index (κ3) is 4.26. The second kappa shape index (κ2) is 8.07. The molecule has 1 aromatic heterocycles. The summed E-state index contributed by atoms with van der Waals surface area (Å²) in [6, 6.07) is 5.41. The van der Waals surface area contributed by atoms with Crippen molar-refractivity contribution in [2.45, 2.75) is 45.1 Å². The summed E-state index contributed by atoms with van der Waals surface area (Å²) in [5.41, 5.74) is 1.30. The molecule has 0 spiro atoms. The minimum atomic E-state index is -3.55. The Kier molecular flexibility index (Phi) is 6.31. The first-order chi connectivity index (χ1) is 11.8. The summed E-state index contributed by atoms with van der Waals surface area (Å²) in [4.78, 5) is 4.66. The fourth-order valence-electron chi connectivity index (χ4n) is 2.54. The van der Waals surface area contributed by atoms with Crippen LogP contribution < -0.4 is 5.32 Å². The van der Waals surface area contributed by atoms with Crippen molar-refractivity contribution >= 4 is 10.0 Å². The van der Waals surface area contributed by atoms with E-state index >= 15 is 0 Å². The van der Waals surface area contributed by atoms with Gasteiger partial charge in [0.05, 0.1) is 4.90 Å². The quantitative estimate of drug-likeness (QED) is 0.771. The Bertz CT molecular complexity index is 813. The van der Waals surface area contributed by atoms with E-state index in [1.54, 1.807) is 25.1 Å². The largest absolute Gasteiger partial charge is 0.334 e. The molecule has 0 bridgehead atoms. The normalized spacial score (nSPS) is 13.4. The van der Waals surface area contributed by atoms with E-state index in [4.69, 9.17) is 4.52 Å². The molecule has 1 unspecified atom stereocenters. The summed E-state index contributed by atoms with van der Waals surface area (Å²) < 4.78 is 32.4. The molecule has 1 heterocycles. The molecule has 138 valence electrons. The Morgan fingerprint density at radius 1 is 1.28 bits per heavy atom. The number of benzene rings is 1. The van der Waals surface area contributed by atoms with Crippen molar-refractivity contribution in [1.29, 1.82) is 0 Å². The van der Waals surface area contributed by atoms with Crippen molar-refractivity contribution in [3.05, 3.63) is 29.6 Å². The molecule has 2 aromatic rings. The molecule has 1 atom stereocenters. The molecule has 0 aliphatic heterocycles. The second-order valence-electron chi connectivity index (χ2n) is 5.98. The number of likely N-dealkylation sites (N-methyl/N-ethyl adjacent to an activating group) is 1. The van der Waals surface area contributed by atoms with Crippen molar-refractivity contribution in [1.82, 2.24) is 19.8 Å². The summed E-state index contributed by atoms with van der Waals surface area (Å²) in [5, 5.41) is 7.09. The van der Waals surface area contributed by atoms with E-state index in [9.17, 15) is 8.42 Å². The van der Waals surface area contributed by atoms with Crippen molar-refractivity contribution in [2.24, 2.45) is 0 Å².